The molecular formula is C20H18BrNO3S2. The Bertz CT molecular complexity index is 884. The van der Waals surface area contributed by atoms with Gasteiger partial charge in [-0.25, -0.2) is 0 Å². The van der Waals surface area contributed by atoms with E-state index in [0.29, 0.717) is 33.9 Å². The lowest BCUT2D eigenvalue weighted by Gasteiger charge is -2.15. The first-order valence-electron chi connectivity index (χ1n) is 8.44. The Hall–Kier alpha value is -1.83. The van der Waals surface area contributed by atoms with Gasteiger partial charge in [-0.3, -0.25) is 4.79 Å². The SMILES string of the molecule is CCOc1cc(/C=C2\SC(=S)NC2=O)cc(Br)c1OCCc1ccccc1. The number of nitrogens with one attached hydrogen (secondary N) is 1. The Morgan fingerprint density at radius 2 is 2.00 bits per heavy atom. The van der Waals surface area contributed by atoms with Crippen LogP contribution in [0.4, 0.5) is 0 Å². The molecule has 140 valence electrons. The van der Waals surface area contributed by atoms with E-state index in [4.69, 9.17) is 21.7 Å². The molecular weight excluding hydrogens is 446 g/mol. The van der Waals surface area contributed by atoms with Crippen molar-refractivity contribution in [3.8, 4) is 11.5 Å². The number of thiocarbonyl (C=S) groups is 1. The molecule has 1 aliphatic heterocycles. The molecule has 7 heteroatoms. The predicted molar refractivity (Wildman–Crippen MR) is 117 cm³/mol. The molecule has 0 saturated carbocycles. The minimum absolute atomic E-state index is 0.178. The molecule has 0 aliphatic carbocycles. The predicted octanol–water partition coefficient (Wildman–Crippen LogP) is 4.96. The average molecular weight is 464 g/mol. The summed E-state index contributed by atoms with van der Waals surface area (Å²) >= 11 is 9.84. The molecule has 0 radical (unpaired) electrons. The quantitative estimate of drug-likeness (QED) is 0.464. The van der Waals surface area contributed by atoms with Crippen molar-refractivity contribution in [1.29, 1.82) is 0 Å². The molecule has 1 N–H and O–H groups in total. The third-order valence-corrected chi connectivity index (χ3v) is 5.50. The lowest BCUT2D eigenvalue weighted by atomic mass is 10.1. The molecule has 1 amide bonds. The summed E-state index contributed by atoms with van der Waals surface area (Å²) in [6.07, 6.45) is 2.60. The van der Waals surface area contributed by atoms with Crippen LogP contribution in [0.2, 0.25) is 0 Å². The Labute approximate surface area is 176 Å². The number of benzene rings is 2. The van der Waals surface area contributed by atoms with Gasteiger partial charge in [-0.1, -0.05) is 54.3 Å². The van der Waals surface area contributed by atoms with Crippen LogP contribution < -0.4 is 14.8 Å². The molecule has 27 heavy (non-hydrogen) atoms. The third-order valence-electron chi connectivity index (χ3n) is 3.75. The molecule has 2 aromatic carbocycles. The number of rotatable bonds is 7. The van der Waals surface area contributed by atoms with Gasteiger partial charge in [0.05, 0.1) is 22.6 Å². The topological polar surface area (TPSA) is 47.6 Å². The van der Waals surface area contributed by atoms with Gasteiger partial charge in [0.1, 0.15) is 4.32 Å². The maximum absolute atomic E-state index is 11.9. The van der Waals surface area contributed by atoms with Crippen molar-refractivity contribution in [2.24, 2.45) is 0 Å². The lowest BCUT2D eigenvalue weighted by Crippen LogP contribution is -2.17. The zero-order valence-electron chi connectivity index (χ0n) is 14.7. The molecule has 0 atom stereocenters. The first-order chi connectivity index (χ1) is 13.1. The highest BCUT2D eigenvalue weighted by Gasteiger charge is 2.22. The van der Waals surface area contributed by atoms with Gasteiger partial charge in [0.2, 0.25) is 0 Å². The van der Waals surface area contributed by atoms with Crippen LogP contribution in [0.15, 0.2) is 51.8 Å². The summed E-state index contributed by atoms with van der Waals surface area (Å²) in [6, 6.07) is 14.0. The highest BCUT2D eigenvalue weighted by molar-refractivity contribution is 9.10. The monoisotopic (exact) mass is 463 g/mol. The first kappa shape index (κ1) is 19.9. The maximum Gasteiger partial charge on any atom is 0.263 e. The van der Waals surface area contributed by atoms with Crippen LogP contribution in [0.3, 0.4) is 0 Å². The summed E-state index contributed by atoms with van der Waals surface area (Å²) in [4.78, 5) is 12.4. The molecule has 1 fully saturated rings. The molecule has 1 heterocycles. The van der Waals surface area contributed by atoms with E-state index < -0.39 is 0 Å². The fraction of sp³-hybridized carbons (Fsp3) is 0.200. The van der Waals surface area contributed by atoms with Crippen LogP contribution >= 0.6 is 39.9 Å². The van der Waals surface area contributed by atoms with Gasteiger partial charge in [-0.05, 0) is 52.2 Å². The number of ether oxygens (including phenoxy) is 2. The van der Waals surface area contributed by atoms with E-state index in [1.165, 1.54) is 17.3 Å². The Morgan fingerprint density at radius 3 is 2.67 bits per heavy atom. The van der Waals surface area contributed by atoms with Crippen molar-refractivity contribution in [3.05, 3.63) is 63.0 Å². The second-order valence-electron chi connectivity index (χ2n) is 5.70. The fourth-order valence-corrected chi connectivity index (χ4v) is 4.18. The van der Waals surface area contributed by atoms with Crippen LogP contribution in [0, 0.1) is 0 Å². The number of amides is 1. The van der Waals surface area contributed by atoms with Crippen molar-refractivity contribution in [3.63, 3.8) is 0 Å². The molecule has 0 aromatic heterocycles. The second kappa shape index (κ2) is 9.39. The van der Waals surface area contributed by atoms with Gasteiger partial charge in [-0.2, -0.15) is 0 Å². The molecule has 0 bridgehead atoms. The van der Waals surface area contributed by atoms with Crippen LogP contribution in [-0.4, -0.2) is 23.4 Å². The van der Waals surface area contributed by atoms with Gasteiger partial charge in [0.15, 0.2) is 11.5 Å². The van der Waals surface area contributed by atoms with Gasteiger partial charge < -0.3 is 14.8 Å². The molecule has 0 spiro atoms. The number of hydrogen-bond donors (Lipinski definition) is 1. The summed E-state index contributed by atoms with van der Waals surface area (Å²) in [5, 5.41) is 2.62. The van der Waals surface area contributed by atoms with Crippen molar-refractivity contribution in [2.45, 2.75) is 13.3 Å². The minimum Gasteiger partial charge on any atom is -0.490 e. The summed E-state index contributed by atoms with van der Waals surface area (Å²) in [6.45, 7) is 2.97. The number of halogens is 1. The molecule has 1 saturated heterocycles. The van der Waals surface area contributed by atoms with E-state index in [1.807, 2.05) is 37.3 Å². The largest absolute Gasteiger partial charge is 0.490 e. The highest BCUT2D eigenvalue weighted by Crippen LogP contribution is 2.38. The number of hydrogen-bond acceptors (Lipinski definition) is 5. The average Bonchev–Trinajstić information content (AvgIpc) is 2.95. The standard InChI is InChI=1S/C20H18BrNO3S2/c1-2-24-16-11-14(12-17-19(23)22-20(26)27-17)10-15(21)18(16)25-9-8-13-6-4-3-5-7-13/h3-7,10-12H,2,8-9H2,1H3,(H,22,23,26)/b17-12-. The molecule has 3 rings (SSSR count). The smallest absolute Gasteiger partial charge is 0.263 e. The molecule has 1 aliphatic rings. The summed E-state index contributed by atoms with van der Waals surface area (Å²) in [5.41, 5.74) is 2.05. The van der Waals surface area contributed by atoms with Crippen LogP contribution in [0.5, 0.6) is 11.5 Å². The summed E-state index contributed by atoms with van der Waals surface area (Å²) < 4.78 is 13.0. The van der Waals surface area contributed by atoms with Crippen LogP contribution in [0.1, 0.15) is 18.1 Å². The maximum atomic E-state index is 11.9. The Balaban J connectivity index is 1.78. The molecule has 4 nitrogen and oxygen atoms in total. The van der Waals surface area contributed by atoms with E-state index in [2.05, 4.69) is 33.4 Å². The second-order valence-corrected chi connectivity index (χ2v) is 8.27. The van der Waals surface area contributed by atoms with Gasteiger partial charge in [0.25, 0.3) is 5.91 Å². The van der Waals surface area contributed by atoms with Crippen LogP contribution in [0.25, 0.3) is 6.08 Å². The number of carbonyl (C=O) groups is 1. The van der Waals surface area contributed by atoms with Gasteiger partial charge in [0, 0.05) is 6.42 Å². The summed E-state index contributed by atoms with van der Waals surface area (Å²) in [5.74, 6) is 1.12. The molecule has 0 unspecified atom stereocenters. The van der Waals surface area contributed by atoms with Crippen LogP contribution in [-0.2, 0) is 11.2 Å². The minimum atomic E-state index is -0.178. The highest BCUT2D eigenvalue weighted by atomic mass is 79.9. The normalized spacial score (nSPS) is 15.1. The third kappa shape index (κ3) is 5.34. The van der Waals surface area contributed by atoms with Gasteiger partial charge >= 0.3 is 0 Å². The lowest BCUT2D eigenvalue weighted by molar-refractivity contribution is -0.115. The van der Waals surface area contributed by atoms with E-state index >= 15 is 0 Å². The van der Waals surface area contributed by atoms with Crippen molar-refractivity contribution in [2.75, 3.05) is 13.2 Å². The van der Waals surface area contributed by atoms with E-state index in [-0.39, 0.29) is 5.91 Å². The number of thioether (sulfide) groups is 1. The van der Waals surface area contributed by atoms with E-state index in [1.54, 1.807) is 6.08 Å². The fourth-order valence-electron chi connectivity index (χ4n) is 2.56. The van der Waals surface area contributed by atoms with Crippen molar-refractivity contribution >= 4 is 56.2 Å². The van der Waals surface area contributed by atoms with Crippen molar-refractivity contribution < 1.29 is 14.3 Å². The molecule has 2 aromatic rings. The van der Waals surface area contributed by atoms with E-state index in [9.17, 15) is 4.79 Å². The van der Waals surface area contributed by atoms with E-state index in [0.717, 1.165) is 16.5 Å². The Kier molecular flexibility index (Phi) is 6.93. The number of carbonyl (C=O) groups excluding carboxylic acids is 1. The van der Waals surface area contributed by atoms with Gasteiger partial charge in [-0.15, -0.1) is 0 Å². The van der Waals surface area contributed by atoms with Crippen molar-refractivity contribution in [1.82, 2.24) is 5.32 Å². The zero-order chi connectivity index (χ0) is 19.2. The first-order valence-corrected chi connectivity index (χ1v) is 10.5. The zero-order valence-corrected chi connectivity index (χ0v) is 17.9. The summed E-state index contributed by atoms with van der Waals surface area (Å²) in [7, 11) is 0. The Morgan fingerprint density at radius 1 is 1.22 bits per heavy atom.